The van der Waals surface area contributed by atoms with Gasteiger partial charge in [-0.05, 0) is 32.7 Å². The summed E-state index contributed by atoms with van der Waals surface area (Å²) in [5.41, 5.74) is 5.38. The molecule has 0 aromatic carbocycles. The van der Waals surface area contributed by atoms with Gasteiger partial charge in [-0.15, -0.1) is 0 Å². The van der Waals surface area contributed by atoms with Gasteiger partial charge in [-0.2, -0.15) is 17.4 Å². The lowest BCUT2D eigenvalue weighted by Crippen LogP contribution is -2.50. The van der Waals surface area contributed by atoms with Crippen LogP contribution >= 0.6 is 0 Å². The average Bonchev–Trinajstić information content (AvgIpc) is 2.45. The van der Waals surface area contributed by atoms with Crippen LogP contribution in [0.4, 0.5) is 4.79 Å². The van der Waals surface area contributed by atoms with Crippen molar-refractivity contribution in [3.8, 4) is 0 Å². The molecule has 1 saturated heterocycles. The van der Waals surface area contributed by atoms with Crippen LogP contribution in [0.5, 0.6) is 0 Å². The summed E-state index contributed by atoms with van der Waals surface area (Å²) >= 11 is 0. The smallest absolute Gasteiger partial charge is 0.409 e. The Kier molecular flexibility index (Phi) is 7.36. The Labute approximate surface area is 126 Å². The van der Waals surface area contributed by atoms with Gasteiger partial charge in [0.25, 0.3) is 10.2 Å². The third-order valence-electron chi connectivity index (χ3n) is 3.42. The number of ether oxygens (including phenoxy) is 1. The number of piperidine rings is 1. The van der Waals surface area contributed by atoms with Crippen LogP contribution < -0.4 is 10.5 Å². The molecule has 0 aromatic rings. The number of carbonyl (C=O) groups excluding carboxylic acids is 1. The zero-order chi connectivity index (χ0) is 15.9. The Morgan fingerprint density at radius 3 is 2.57 bits per heavy atom. The lowest BCUT2D eigenvalue weighted by atomic mass is 10.1. The molecule has 0 radical (unpaired) electrons. The van der Waals surface area contributed by atoms with E-state index in [9.17, 15) is 13.2 Å². The molecule has 0 aromatic heterocycles. The van der Waals surface area contributed by atoms with E-state index < -0.39 is 10.2 Å². The maximum absolute atomic E-state index is 12.1. The quantitative estimate of drug-likeness (QED) is 0.671. The molecule has 8 nitrogen and oxygen atoms in total. The number of nitrogens with two attached hydrogens (primary N) is 1. The van der Waals surface area contributed by atoms with Crippen molar-refractivity contribution in [3.05, 3.63) is 0 Å². The molecular weight excluding hydrogens is 296 g/mol. The van der Waals surface area contributed by atoms with E-state index in [1.165, 1.54) is 11.4 Å². The van der Waals surface area contributed by atoms with Gasteiger partial charge in [0.1, 0.15) is 0 Å². The topological polar surface area (TPSA) is 105 Å². The highest BCUT2D eigenvalue weighted by molar-refractivity contribution is 7.87. The van der Waals surface area contributed by atoms with E-state index in [-0.39, 0.29) is 12.1 Å². The second kappa shape index (κ2) is 8.52. The molecule has 1 heterocycles. The molecule has 21 heavy (non-hydrogen) atoms. The summed E-state index contributed by atoms with van der Waals surface area (Å²) in [5, 5.41) is 0. The third-order valence-corrected chi connectivity index (χ3v) is 5.06. The maximum Gasteiger partial charge on any atom is 0.409 e. The number of nitrogens with zero attached hydrogens (tertiary/aromatic N) is 2. The molecule has 0 bridgehead atoms. The molecule has 1 aliphatic heterocycles. The summed E-state index contributed by atoms with van der Waals surface area (Å²) in [6, 6.07) is -0.152. The van der Waals surface area contributed by atoms with Gasteiger partial charge in [0, 0.05) is 32.7 Å². The number of hydrogen-bond donors (Lipinski definition) is 2. The van der Waals surface area contributed by atoms with Crippen molar-refractivity contribution >= 4 is 16.3 Å². The summed E-state index contributed by atoms with van der Waals surface area (Å²) < 4.78 is 33.1. The van der Waals surface area contributed by atoms with Crippen LogP contribution in [0.3, 0.4) is 0 Å². The molecule has 0 spiro atoms. The van der Waals surface area contributed by atoms with Gasteiger partial charge >= 0.3 is 6.09 Å². The number of likely N-dealkylation sites (tertiary alicyclic amines) is 1. The van der Waals surface area contributed by atoms with Crippen LogP contribution in [0.25, 0.3) is 0 Å². The fraction of sp³-hybridized carbons (Fsp3) is 0.917. The van der Waals surface area contributed by atoms with E-state index in [2.05, 4.69) is 4.72 Å². The van der Waals surface area contributed by atoms with Crippen molar-refractivity contribution < 1.29 is 17.9 Å². The number of carbonyl (C=O) groups is 1. The molecule has 9 heteroatoms. The molecular formula is C12H26N4O4S. The molecule has 0 atom stereocenters. The lowest BCUT2D eigenvalue weighted by molar-refractivity contribution is 0.0965. The van der Waals surface area contributed by atoms with Crippen LogP contribution in [-0.4, -0.2) is 69.6 Å². The third kappa shape index (κ3) is 5.77. The van der Waals surface area contributed by atoms with Gasteiger partial charge in [0.05, 0.1) is 6.61 Å². The SMILES string of the molecule is CCOC(=O)N1CCC(NS(=O)(=O)N(C)CCCN)CC1. The van der Waals surface area contributed by atoms with Gasteiger partial charge in [0.15, 0.2) is 0 Å². The fourth-order valence-electron chi connectivity index (χ4n) is 2.13. The fourth-order valence-corrected chi connectivity index (χ4v) is 3.34. The highest BCUT2D eigenvalue weighted by atomic mass is 32.2. The molecule has 0 unspecified atom stereocenters. The molecule has 124 valence electrons. The molecule has 1 amide bonds. The monoisotopic (exact) mass is 322 g/mol. The first-order chi connectivity index (χ1) is 9.90. The molecule has 1 fully saturated rings. The average molecular weight is 322 g/mol. The molecule has 3 N–H and O–H groups in total. The van der Waals surface area contributed by atoms with Crippen molar-refractivity contribution in [1.29, 1.82) is 0 Å². The minimum Gasteiger partial charge on any atom is -0.450 e. The normalized spacial score (nSPS) is 17.2. The summed E-state index contributed by atoms with van der Waals surface area (Å²) in [7, 11) is -1.95. The highest BCUT2D eigenvalue weighted by Crippen LogP contribution is 2.13. The largest absolute Gasteiger partial charge is 0.450 e. The maximum atomic E-state index is 12.1. The van der Waals surface area contributed by atoms with Crippen LogP contribution in [-0.2, 0) is 14.9 Å². The number of hydrogen-bond acceptors (Lipinski definition) is 5. The Morgan fingerprint density at radius 1 is 1.43 bits per heavy atom. The number of rotatable bonds is 7. The minimum absolute atomic E-state index is 0.152. The van der Waals surface area contributed by atoms with Gasteiger partial charge in [-0.3, -0.25) is 0 Å². The summed E-state index contributed by atoms with van der Waals surface area (Å²) in [6.07, 6.45) is 1.46. The van der Waals surface area contributed by atoms with Crippen LogP contribution in [0.15, 0.2) is 0 Å². The number of nitrogens with one attached hydrogen (secondary N) is 1. The zero-order valence-electron chi connectivity index (χ0n) is 12.7. The van der Waals surface area contributed by atoms with E-state index in [1.54, 1.807) is 11.8 Å². The predicted octanol–water partition coefficient (Wildman–Crippen LogP) is -0.278. The molecule has 0 aliphatic carbocycles. The van der Waals surface area contributed by atoms with Crippen LogP contribution in [0.2, 0.25) is 0 Å². The first-order valence-corrected chi connectivity index (χ1v) is 8.70. The van der Waals surface area contributed by atoms with Crippen LogP contribution in [0.1, 0.15) is 26.2 Å². The zero-order valence-corrected chi connectivity index (χ0v) is 13.6. The number of amides is 1. The minimum atomic E-state index is -3.49. The second-order valence-electron chi connectivity index (χ2n) is 5.05. The van der Waals surface area contributed by atoms with E-state index in [0.717, 1.165) is 0 Å². The Hall–Kier alpha value is -0.900. The molecule has 1 rings (SSSR count). The van der Waals surface area contributed by atoms with Gasteiger partial charge in [-0.25, -0.2) is 4.79 Å². The second-order valence-corrected chi connectivity index (χ2v) is 6.86. The van der Waals surface area contributed by atoms with Crippen LogP contribution in [0, 0.1) is 0 Å². The van der Waals surface area contributed by atoms with E-state index >= 15 is 0 Å². The molecule has 0 saturated carbocycles. The van der Waals surface area contributed by atoms with Crippen molar-refractivity contribution in [1.82, 2.24) is 13.9 Å². The van der Waals surface area contributed by atoms with E-state index in [0.29, 0.717) is 52.0 Å². The first-order valence-electron chi connectivity index (χ1n) is 7.26. The Bertz CT molecular complexity index is 421. The summed E-state index contributed by atoms with van der Waals surface area (Å²) in [5.74, 6) is 0. The Morgan fingerprint density at radius 2 is 2.05 bits per heavy atom. The van der Waals surface area contributed by atoms with Gasteiger partial charge in [-0.1, -0.05) is 0 Å². The van der Waals surface area contributed by atoms with Crippen molar-refractivity contribution in [2.24, 2.45) is 5.73 Å². The molecule has 1 aliphatic rings. The standard InChI is InChI=1S/C12H26N4O4S/c1-3-20-12(17)16-9-5-11(6-10-16)14-21(18,19)15(2)8-4-7-13/h11,14H,3-10,13H2,1-2H3. The highest BCUT2D eigenvalue weighted by Gasteiger charge is 2.27. The summed E-state index contributed by atoms with van der Waals surface area (Å²) in [4.78, 5) is 13.2. The van der Waals surface area contributed by atoms with Crippen molar-refractivity contribution in [3.63, 3.8) is 0 Å². The van der Waals surface area contributed by atoms with Crippen molar-refractivity contribution in [2.75, 3.05) is 39.8 Å². The van der Waals surface area contributed by atoms with Gasteiger partial charge in [0.2, 0.25) is 0 Å². The van der Waals surface area contributed by atoms with Crippen molar-refractivity contribution in [2.45, 2.75) is 32.2 Å². The summed E-state index contributed by atoms with van der Waals surface area (Å²) in [6.45, 7) is 3.95. The Balaban J connectivity index is 2.42. The lowest BCUT2D eigenvalue weighted by Gasteiger charge is -2.32. The van der Waals surface area contributed by atoms with Gasteiger partial charge < -0.3 is 15.4 Å². The predicted molar refractivity (Wildman–Crippen MR) is 80.0 cm³/mol. The van der Waals surface area contributed by atoms with E-state index in [4.69, 9.17) is 10.5 Å². The van der Waals surface area contributed by atoms with E-state index in [1.807, 2.05) is 0 Å². The first kappa shape index (κ1) is 18.1.